The number of benzene rings is 1. The Bertz CT molecular complexity index is 433. The molecular formula is C12H11NO2. The Morgan fingerprint density at radius 1 is 1.53 bits per heavy atom. The molecule has 2 atom stereocenters. The van der Waals surface area contributed by atoms with Crippen LogP contribution >= 0.6 is 0 Å². The molecule has 0 aromatic heterocycles. The smallest absolute Gasteiger partial charge is 0.408 e. The molecule has 0 spiro atoms. The van der Waals surface area contributed by atoms with Crippen molar-refractivity contribution >= 4 is 6.09 Å². The molecule has 0 radical (unpaired) electrons. The van der Waals surface area contributed by atoms with Crippen LogP contribution in [0.1, 0.15) is 24.1 Å². The Kier molecular flexibility index (Phi) is 2.34. The number of amides is 1. The van der Waals surface area contributed by atoms with Crippen molar-refractivity contribution in [2.45, 2.75) is 19.1 Å². The van der Waals surface area contributed by atoms with E-state index in [1.54, 1.807) is 0 Å². The minimum absolute atomic E-state index is 0.106. The van der Waals surface area contributed by atoms with Crippen LogP contribution in [0.15, 0.2) is 24.3 Å². The molecule has 1 aromatic rings. The minimum atomic E-state index is -0.376. The zero-order valence-electron chi connectivity index (χ0n) is 8.36. The largest absolute Gasteiger partial charge is 0.444 e. The van der Waals surface area contributed by atoms with Gasteiger partial charge in [0.2, 0.25) is 0 Å². The second kappa shape index (κ2) is 3.66. The van der Waals surface area contributed by atoms with E-state index >= 15 is 0 Å². The first-order chi connectivity index (χ1) is 7.20. The molecule has 0 bridgehead atoms. The maximum absolute atomic E-state index is 11.0. The lowest BCUT2D eigenvalue weighted by Crippen LogP contribution is -2.21. The Labute approximate surface area is 88.4 Å². The van der Waals surface area contributed by atoms with E-state index in [0.717, 1.165) is 11.1 Å². The topological polar surface area (TPSA) is 38.3 Å². The van der Waals surface area contributed by atoms with Crippen molar-refractivity contribution in [3.05, 3.63) is 35.4 Å². The number of carbonyl (C=O) groups excluding carboxylic acids is 1. The van der Waals surface area contributed by atoms with E-state index in [1.165, 1.54) is 0 Å². The third-order valence-corrected chi connectivity index (χ3v) is 2.45. The Balaban J connectivity index is 2.30. The molecule has 1 amide bonds. The molecule has 76 valence electrons. The highest BCUT2D eigenvalue weighted by atomic mass is 16.6. The number of alkyl carbamates (subject to hydrolysis) is 1. The van der Waals surface area contributed by atoms with Crippen LogP contribution < -0.4 is 5.32 Å². The summed E-state index contributed by atoms with van der Waals surface area (Å²) in [7, 11) is 0. The fourth-order valence-corrected chi connectivity index (χ4v) is 1.69. The second-order valence-corrected chi connectivity index (χ2v) is 3.50. The summed E-state index contributed by atoms with van der Waals surface area (Å²) in [5.41, 5.74) is 1.78. The number of cyclic esters (lactones) is 1. The zero-order chi connectivity index (χ0) is 10.8. The van der Waals surface area contributed by atoms with E-state index < -0.39 is 0 Å². The van der Waals surface area contributed by atoms with Crippen molar-refractivity contribution in [1.29, 1.82) is 0 Å². The lowest BCUT2D eigenvalue weighted by molar-refractivity contribution is 0.141. The molecule has 1 heterocycles. The predicted octanol–water partition coefficient (Wildman–Crippen LogP) is 1.84. The first-order valence-corrected chi connectivity index (χ1v) is 4.74. The van der Waals surface area contributed by atoms with Crippen molar-refractivity contribution in [2.24, 2.45) is 0 Å². The van der Waals surface area contributed by atoms with Crippen LogP contribution in [-0.4, -0.2) is 12.2 Å². The molecule has 2 unspecified atom stereocenters. The van der Waals surface area contributed by atoms with E-state index in [1.807, 2.05) is 31.2 Å². The molecule has 0 aliphatic carbocycles. The minimum Gasteiger partial charge on any atom is -0.444 e. The number of hydrogen-bond donors (Lipinski definition) is 1. The Hall–Kier alpha value is -1.95. The maximum Gasteiger partial charge on any atom is 0.408 e. The molecule has 15 heavy (non-hydrogen) atoms. The number of rotatable bonds is 1. The van der Waals surface area contributed by atoms with Crippen LogP contribution in [0.25, 0.3) is 0 Å². The zero-order valence-corrected chi connectivity index (χ0v) is 8.36. The highest BCUT2D eigenvalue weighted by Crippen LogP contribution is 2.24. The molecule has 1 fully saturated rings. The molecule has 3 heteroatoms. The van der Waals surface area contributed by atoms with Gasteiger partial charge in [-0.05, 0) is 24.6 Å². The number of terminal acetylenes is 1. The lowest BCUT2D eigenvalue weighted by Gasteiger charge is -2.12. The van der Waals surface area contributed by atoms with Gasteiger partial charge in [-0.2, -0.15) is 0 Å². The van der Waals surface area contributed by atoms with E-state index in [0.29, 0.717) is 0 Å². The first kappa shape index (κ1) is 9.60. The van der Waals surface area contributed by atoms with Gasteiger partial charge in [-0.15, -0.1) is 6.42 Å². The van der Waals surface area contributed by atoms with Crippen LogP contribution in [0, 0.1) is 12.3 Å². The predicted molar refractivity (Wildman–Crippen MR) is 56.2 cm³/mol. The van der Waals surface area contributed by atoms with Gasteiger partial charge in [0.05, 0.1) is 6.04 Å². The summed E-state index contributed by atoms with van der Waals surface area (Å²) in [6, 6.07) is 7.44. The molecule has 0 saturated carbocycles. The van der Waals surface area contributed by atoms with Gasteiger partial charge >= 0.3 is 6.09 Å². The van der Waals surface area contributed by atoms with Gasteiger partial charge < -0.3 is 10.1 Å². The molecule has 1 aliphatic heterocycles. The average Bonchev–Trinajstić information content (AvgIpc) is 2.58. The van der Waals surface area contributed by atoms with Crippen molar-refractivity contribution in [3.8, 4) is 12.3 Å². The van der Waals surface area contributed by atoms with Crippen LogP contribution in [0.3, 0.4) is 0 Å². The van der Waals surface area contributed by atoms with Crippen LogP contribution in [0.5, 0.6) is 0 Å². The molecule has 2 rings (SSSR count). The summed E-state index contributed by atoms with van der Waals surface area (Å²) in [4.78, 5) is 11.0. The maximum atomic E-state index is 11.0. The highest BCUT2D eigenvalue weighted by molar-refractivity contribution is 5.70. The van der Waals surface area contributed by atoms with Gasteiger partial charge in [-0.1, -0.05) is 18.1 Å². The molecule has 1 N–H and O–H groups in total. The van der Waals surface area contributed by atoms with Gasteiger partial charge in [-0.25, -0.2) is 4.79 Å². The summed E-state index contributed by atoms with van der Waals surface area (Å²) in [5, 5.41) is 2.74. The SMILES string of the molecule is C#Cc1cccc(C2NC(=O)OC2C)c1. The summed E-state index contributed by atoms with van der Waals surface area (Å²) in [6.07, 6.45) is 4.77. The summed E-state index contributed by atoms with van der Waals surface area (Å²) in [6.45, 7) is 1.85. The fourth-order valence-electron chi connectivity index (χ4n) is 1.69. The summed E-state index contributed by atoms with van der Waals surface area (Å²) < 4.78 is 5.00. The van der Waals surface area contributed by atoms with Gasteiger partial charge in [0.15, 0.2) is 0 Å². The number of hydrogen-bond acceptors (Lipinski definition) is 2. The van der Waals surface area contributed by atoms with Gasteiger partial charge in [-0.3, -0.25) is 0 Å². The van der Waals surface area contributed by atoms with Crippen molar-refractivity contribution in [3.63, 3.8) is 0 Å². The number of carbonyl (C=O) groups is 1. The normalized spacial score (nSPS) is 24.1. The van der Waals surface area contributed by atoms with E-state index in [9.17, 15) is 4.79 Å². The van der Waals surface area contributed by atoms with Crippen LogP contribution in [0.2, 0.25) is 0 Å². The lowest BCUT2D eigenvalue weighted by atomic mass is 10.0. The third kappa shape index (κ3) is 1.79. The van der Waals surface area contributed by atoms with Gasteiger partial charge in [0.1, 0.15) is 6.10 Å². The highest BCUT2D eigenvalue weighted by Gasteiger charge is 2.31. The Morgan fingerprint density at radius 3 is 2.93 bits per heavy atom. The van der Waals surface area contributed by atoms with Crippen molar-refractivity contribution < 1.29 is 9.53 Å². The van der Waals surface area contributed by atoms with Crippen molar-refractivity contribution in [1.82, 2.24) is 5.32 Å². The quantitative estimate of drug-likeness (QED) is 0.704. The summed E-state index contributed by atoms with van der Waals surface area (Å²) in [5.74, 6) is 2.56. The van der Waals surface area contributed by atoms with E-state index in [-0.39, 0.29) is 18.2 Å². The van der Waals surface area contributed by atoms with Crippen LogP contribution in [-0.2, 0) is 4.74 Å². The number of ether oxygens (including phenoxy) is 1. The van der Waals surface area contributed by atoms with Crippen LogP contribution in [0.4, 0.5) is 4.79 Å². The molecule has 3 nitrogen and oxygen atoms in total. The average molecular weight is 201 g/mol. The second-order valence-electron chi connectivity index (χ2n) is 3.50. The Morgan fingerprint density at radius 2 is 2.33 bits per heavy atom. The standard InChI is InChI=1S/C12H11NO2/c1-3-9-5-4-6-10(7-9)11-8(2)15-12(14)13-11/h1,4-8,11H,2H3,(H,13,14). The summed E-state index contributed by atoms with van der Waals surface area (Å²) >= 11 is 0. The molecule has 1 saturated heterocycles. The van der Waals surface area contributed by atoms with E-state index in [4.69, 9.17) is 11.2 Å². The number of nitrogens with one attached hydrogen (secondary N) is 1. The molecular weight excluding hydrogens is 190 g/mol. The van der Waals surface area contributed by atoms with Crippen molar-refractivity contribution in [2.75, 3.05) is 0 Å². The third-order valence-electron chi connectivity index (χ3n) is 2.45. The van der Waals surface area contributed by atoms with Gasteiger partial charge in [0, 0.05) is 5.56 Å². The first-order valence-electron chi connectivity index (χ1n) is 4.74. The molecule has 1 aliphatic rings. The monoisotopic (exact) mass is 201 g/mol. The van der Waals surface area contributed by atoms with E-state index in [2.05, 4.69) is 11.2 Å². The molecule has 1 aromatic carbocycles. The van der Waals surface area contributed by atoms with Gasteiger partial charge in [0.25, 0.3) is 0 Å². The fraction of sp³-hybridized carbons (Fsp3) is 0.250.